The van der Waals surface area contributed by atoms with Crippen molar-refractivity contribution in [3.63, 3.8) is 0 Å². The van der Waals surface area contributed by atoms with E-state index in [0.29, 0.717) is 6.61 Å². The lowest BCUT2D eigenvalue weighted by Gasteiger charge is -2.33. The molecule has 4 aromatic rings. The fourth-order valence-electron chi connectivity index (χ4n) is 4.32. The maximum absolute atomic E-state index is 13.8. The second-order valence-corrected chi connectivity index (χ2v) is 12.1. The monoisotopic (exact) mass is 586 g/mol. The van der Waals surface area contributed by atoms with Gasteiger partial charge in [0.25, 0.3) is 21.8 Å². The molecular formula is C33H34N2O6S. The van der Waals surface area contributed by atoms with E-state index in [1.54, 1.807) is 24.3 Å². The zero-order chi connectivity index (χ0) is 30.0. The number of ether oxygens (including phenoxy) is 2. The SMILES string of the molecule is CC(C)(COCc1ccccc1)C(OCc1ccccc1)C(=O)Nc1ccccc1S(=O)(=O)NC(=O)c1ccccc1. The van der Waals surface area contributed by atoms with Gasteiger partial charge in [-0.25, -0.2) is 13.1 Å². The molecule has 0 aliphatic carbocycles. The normalized spacial score (nSPS) is 12.3. The molecule has 0 heterocycles. The first-order chi connectivity index (χ1) is 20.2. The third kappa shape index (κ3) is 8.36. The van der Waals surface area contributed by atoms with Crippen molar-refractivity contribution in [2.45, 2.75) is 38.1 Å². The number of rotatable bonds is 13. The number of anilines is 1. The quantitative estimate of drug-likeness (QED) is 0.212. The molecule has 0 bridgehead atoms. The van der Waals surface area contributed by atoms with Crippen molar-refractivity contribution in [2.75, 3.05) is 11.9 Å². The van der Waals surface area contributed by atoms with E-state index >= 15 is 0 Å². The average molecular weight is 587 g/mol. The van der Waals surface area contributed by atoms with Gasteiger partial charge in [0, 0.05) is 11.0 Å². The Morgan fingerprint density at radius 3 is 1.88 bits per heavy atom. The Morgan fingerprint density at radius 2 is 1.26 bits per heavy atom. The molecule has 0 radical (unpaired) electrons. The minimum absolute atomic E-state index is 0.0187. The van der Waals surface area contributed by atoms with Gasteiger partial charge in [-0.05, 0) is 35.4 Å². The molecule has 0 fully saturated rings. The van der Waals surface area contributed by atoms with Crippen LogP contribution in [-0.4, -0.2) is 32.9 Å². The first-order valence-corrected chi connectivity index (χ1v) is 14.9. The van der Waals surface area contributed by atoms with E-state index in [9.17, 15) is 18.0 Å². The van der Waals surface area contributed by atoms with Crippen LogP contribution in [-0.2, 0) is 37.5 Å². The first kappa shape index (κ1) is 30.6. The van der Waals surface area contributed by atoms with Gasteiger partial charge in [0.05, 0.1) is 25.5 Å². The van der Waals surface area contributed by atoms with Crippen LogP contribution in [0, 0.1) is 5.41 Å². The zero-order valence-corrected chi connectivity index (χ0v) is 24.3. The lowest BCUT2D eigenvalue weighted by atomic mass is 9.86. The van der Waals surface area contributed by atoms with Crippen molar-refractivity contribution >= 4 is 27.5 Å². The number of carbonyl (C=O) groups excluding carboxylic acids is 2. The van der Waals surface area contributed by atoms with Crippen LogP contribution < -0.4 is 10.0 Å². The maximum Gasteiger partial charge on any atom is 0.266 e. The molecule has 4 rings (SSSR count). The summed E-state index contributed by atoms with van der Waals surface area (Å²) in [5.41, 5.74) is 1.28. The molecule has 8 nitrogen and oxygen atoms in total. The third-order valence-corrected chi connectivity index (χ3v) is 7.88. The molecule has 2 amide bonds. The van der Waals surface area contributed by atoms with E-state index in [-0.39, 0.29) is 29.4 Å². The van der Waals surface area contributed by atoms with Crippen molar-refractivity contribution in [2.24, 2.45) is 5.41 Å². The van der Waals surface area contributed by atoms with Crippen LogP contribution in [0.15, 0.2) is 120 Å². The summed E-state index contributed by atoms with van der Waals surface area (Å²) in [5, 5.41) is 2.73. The Balaban J connectivity index is 1.53. The highest BCUT2D eigenvalue weighted by Crippen LogP contribution is 2.29. The van der Waals surface area contributed by atoms with E-state index < -0.39 is 33.4 Å². The highest BCUT2D eigenvalue weighted by atomic mass is 32.2. The van der Waals surface area contributed by atoms with E-state index in [1.807, 2.05) is 74.5 Å². The van der Waals surface area contributed by atoms with Gasteiger partial charge in [-0.15, -0.1) is 0 Å². The maximum atomic E-state index is 13.8. The second kappa shape index (κ2) is 14.0. The summed E-state index contributed by atoms with van der Waals surface area (Å²) in [5.74, 6) is -1.33. The molecule has 9 heteroatoms. The molecular weight excluding hydrogens is 552 g/mol. The van der Waals surface area contributed by atoms with Gasteiger partial charge in [0.15, 0.2) is 0 Å². The van der Waals surface area contributed by atoms with Crippen molar-refractivity contribution in [3.8, 4) is 0 Å². The molecule has 1 atom stereocenters. The number of para-hydroxylation sites is 1. The summed E-state index contributed by atoms with van der Waals surface area (Å²) in [7, 11) is -4.32. The fraction of sp³-hybridized carbons (Fsp3) is 0.212. The number of nitrogens with one attached hydrogen (secondary N) is 2. The summed E-state index contributed by atoms with van der Waals surface area (Å²) in [6.45, 7) is 4.43. The lowest BCUT2D eigenvalue weighted by molar-refractivity contribution is -0.141. The number of carbonyl (C=O) groups is 2. The number of amides is 2. The summed E-state index contributed by atoms with van der Waals surface area (Å²) in [6.07, 6.45) is -1.01. The second-order valence-electron chi connectivity index (χ2n) is 10.4. The molecule has 4 aromatic carbocycles. The molecule has 0 saturated carbocycles. The molecule has 0 spiro atoms. The average Bonchev–Trinajstić information content (AvgIpc) is 2.98. The van der Waals surface area contributed by atoms with Gasteiger partial charge >= 0.3 is 0 Å². The first-order valence-electron chi connectivity index (χ1n) is 13.4. The van der Waals surface area contributed by atoms with Crippen LogP contribution in [0.5, 0.6) is 0 Å². The van der Waals surface area contributed by atoms with Crippen molar-refractivity contribution in [1.29, 1.82) is 0 Å². The third-order valence-electron chi connectivity index (χ3n) is 6.49. The molecule has 42 heavy (non-hydrogen) atoms. The van der Waals surface area contributed by atoms with E-state index in [2.05, 4.69) is 10.0 Å². The largest absolute Gasteiger partial charge is 0.376 e. The van der Waals surface area contributed by atoms with Gasteiger partial charge in [0.2, 0.25) is 0 Å². The van der Waals surface area contributed by atoms with Crippen LogP contribution in [0.2, 0.25) is 0 Å². The lowest BCUT2D eigenvalue weighted by Crippen LogP contribution is -2.45. The molecule has 1 unspecified atom stereocenters. The van der Waals surface area contributed by atoms with Gasteiger partial charge in [-0.1, -0.05) is 105 Å². The summed E-state index contributed by atoms with van der Waals surface area (Å²) >= 11 is 0. The van der Waals surface area contributed by atoms with E-state index in [0.717, 1.165) is 11.1 Å². The Labute approximate surface area is 246 Å². The minimum Gasteiger partial charge on any atom is -0.376 e. The van der Waals surface area contributed by atoms with Crippen molar-refractivity contribution in [1.82, 2.24) is 4.72 Å². The number of sulfonamides is 1. The van der Waals surface area contributed by atoms with Gasteiger partial charge < -0.3 is 14.8 Å². The fourth-order valence-corrected chi connectivity index (χ4v) is 5.46. The Hall–Kier alpha value is -4.31. The smallest absolute Gasteiger partial charge is 0.266 e. The zero-order valence-electron chi connectivity index (χ0n) is 23.5. The Bertz CT molecular complexity index is 1580. The number of benzene rings is 4. The van der Waals surface area contributed by atoms with Gasteiger partial charge in [-0.2, -0.15) is 0 Å². The molecule has 218 valence electrons. The van der Waals surface area contributed by atoms with Crippen LogP contribution in [0.1, 0.15) is 35.3 Å². The number of hydrogen-bond donors (Lipinski definition) is 2. The summed E-state index contributed by atoms with van der Waals surface area (Å²) in [4.78, 5) is 26.1. The highest BCUT2D eigenvalue weighted by Gasteiger charge is 2.37. The molecule has 0 aliphatic heterocycles. The highest BCUT2D eigenvalue weighted by molar-refractivity contribution is 7.90. The Kier molecular flexibility index (Phi) is 10.2. The van der Waals surface area contributed by atoms with E-state index in [4.69, 9.17) is 9.47 Å². The summed E-state index contributed by atoms with van der Waals surface area (Å²) < 4.78 is 40.7. The molecule has 2 N–H and O–H groups in total. The minimum atomic E-state index is -4.32. The molecule has 0 aromatic heterocycles. The van der Waals surface area contributed by atoms with Gasteiger partial charge in [0.1, 0.15) is 11.0 Å². The predicted molar refractivity (Wildman–Crippen MR) is 161 cm³/mol. The van der Waals surface area contributed by atoms with Crippen LogP contribution >= 0.6 is 0 Å². The van der Waals surface area contributed by atoms with Crippen molar-refractivity contribution in [3.05, 3.63) is 132 Å². The van der Waals surface area contributed by atoms with Crippen LogP contribution in [0.3, 0.4) is 0 Å². The van der Waals surface area contributed by atoms with Crippen molar-refractivity contribution < 1.29 is 27.5 Å². The van der Waals surface area contributed by atoms with Crippen LogP contribution in [0.25, 0.3) is 0 Å². The molecule has 0 saturated heterocycles. The van der Waals surface area contributed by atoms with Crippen LogP contribution in [0.4, 0.5) is 5.69 Å². The summed E-state index contributed by atoms with van der Waals surface area (Å²) in [6, 6.07) is 33.1. The topological polar surface area (TPSA) is 111 Å². The Morgan fingerprint density at radius 1 is 0.738 bits per heavy atom. The predicted octanol–water partition coefficient (Wildman–Crippen LogP) is 5.57. The standard InChI is InChI=1S/C33H34N2O6S/c1-33(2,24-40-22-25-14-6-3-7-15-25)30(41-23-26-16-8-4-9-17-26)32(37)34-28-20-12-13-21-29(28)42(38,39)35-31(36)27-18-10-5-11-19-27/h3-21,30H,22-24H2,1-2H3,(H,34,37)(H,35,36). The number of hydrogen-bond acceptors (Lipinski definition) is 6. The van der Waals surface area contributed by atoms with E-state index in [1.165, 1.54) is 30.3 Å². The van der Waals surface area contributed by atoms with Gasteiger partial charge in [-0.3, -0.25) is 9.59 Å². The molecule has 0 aliphatic rings.